The Morgan fingerprint density at radius 3 is 2.06 bits per heavy atom. The van der Waals surface area contributed by atoms with E-state index in [0.29, 0.717) is 21.4 Å². The zero-order valence-electron chi connectivity index (χ0n) is 26.5. The van der Waals surface area contributed by atoms with Gasteiger partial charge in [0.2, 0.25) is 11.8 Å². The molecule has 1 N–H and O–H groups in total. The van der Waals surface area contributed by atoms with Crippen LogP contribution in [0.25, 0.3) is 0 Å². The van der Waals surface area contributed by atoms with Crippen molar-refractivity contribution in [2.75, 3.05) is 25.1 Å². The van der Waals surface area contributed by atoms with Gasteiger partial charge in [-0.2, -0.15) is 0 Å². The third-order valence-electron chi connectivity index (χ3n) is 7.32. The van der Waals surface area contributed by atoms with Crippen LogP contribution >= 0.6 is 23.2 Å². The van der Waals surface area contributed by atoms with Gasteiger partial charge in [-0.3, -0.25) is 13.9 Å². The molecule has 0 heterocycles. The predicted molar refractivity (Wildman–Crippen MR) is 185 cm³/mol. The maximum Gasteiger partial charge on any atom is 0.264 e. The average molecular weight is 699 g/mol. The lowest BCUT2D eigenvalue weighted by molar-refractivity contribution is -0.140. The van der Waals surface area contributed by atoms with E-state index < -0.39 is 34.4 Å². The first-order valence-electron chi connectivity index (χ1n) is 14.8. The zero-order chi connectivity index (χ0) is 34.1. The summed E-state index contributed by atoms with van der Waals surface area (Å²) in [7, 11) is -1.39. The summed E-state index contributed by atoms with van der Waals surface area (Å²) in [6.07, 6.45) is 0.165. The molecule has 47 heavy (non-hydrogen) atoms. The fourth-order valence-electron chi connectivity index (χ4n) is 5.00. The number of amides is 2. The van der Waals surface area contributed by atoms with Crippen LogP contribution in [0.3, 0.4) is 0 Å². The normalized spacial score (nSPS) is 11.9. The van der Waals surface area contributed by atoms with Gasteiger partial charge in [0.05, 0.1) is 24.8 Å². The molecule has 0 saturated carbocycles. The topological polar surface area (TPSA) is 105 Å². The quantitative estimate of drug-likeness (QED) is 0.164. The van der Waals surface area contributed by atoms with Gasteiger partial charge in [-0.15, -0.1) is 0 Å². The second-order valence-corrected chi connectivity index (χ2v) is 13.7. The number of anilines is 1. The Kier molecular flexibility index (Phi) is 12.1. The summed E-state index contributed by atoms with van der Waals surface area (Å²) >= 11 is 12.7. The van der Waals surface area contributed by atoms with Crippen molar-refractivity contribution in [1.82, 2.24) is 10.2 Å². The Bertz CT molecular complexity index is 1790. The van der Waals surface area contributed by atoms with Gasteiger partial charge in [0.15, 0.2) is 11.5 Å². The number of benzene rings is 4. The highest BCUT2D eigenvalue weighted by atomic mass is 35.5. The van der Waals surface area contributed by atoms with Gasteiger partial charge in [0.1, 0.15) is 12.6 Å². The summed E-state index contributed by atoms with van der Waals surface area (Å²) in [6, 6.07) is 25.3. The number of halogens is 2. The maximum atomic E-state index is 14.6. The molecule has 0 aliphatic carbocycles. The van der Waals surface area contributed by atoms with E-state index in [9.17, 15) is 18.0 Å². The number of carbonyl (C=O) groups is 2. The van der Waals surface area contributed by atoms with Crippen LogP contribution < -0.4 is 19.1 Å². The first-order valence-corrected chi connectivity index (χ1v) is 17.0. The first-order chi connectivity index (χ1) is 22.4. The fraction of sp³-hybridized carbons (Fsp3) is 0.257. The second-order valence-electron chi connectivity index (χ2n) is 11.0. The van der Waals surface area contributed by atoms with Gasteiger partial charge in [-0.05, 0) is 61.4 Å². The molecule has 0 aromatic heterocycles. The number of carbonyl (C=O) groups excluding carboxylic acids is 2. The Hall–Kier alpha value is -4.25. The van der Waals surface area contributed by atoms with Crippen LogP contribution in [0.5, 0.6) is 11.5 Å². The molecule has 0 radical (unpaired) electrons. The van der Waals surface area contributed by atoms with Crippen molar-refractivity contribution < 1.29 is 27.5 Å². The largest absolute Gasteiger partial charge is 0.493 e. The molecule has 12 heteroatoms. The molecule has 248 valence electrons. The van der Waals surface area contributed by atoms with Crippen molar-refractivity contribution in [3.8, 4) is 11.5 Å². The summed E-state index contributed by atoms with van der Waals surface area (Å²) in [5.74, 6) is -0.378. The molecular weight excluding hydrogens is 661 g/mol. The third-order valence-corrected chi connectivity index (χ3v) is 9.70. The molecule has 0 unspecified atom stereocenters. The minimum absolute atomic E-state index is 0.0201. The molecule has 0 saturated heterocycles. The number of sulfonamides is 1. The summed E-state index contributed by atoms with van der Waals surface area (Å²) in [4.78, 5) is 29.8. The average Bonchev–Trinajstić information content (AvgIpc) is 3.06. The highest BCUT2D eigenvalue weighted by Gasteiger charge is 2.35. The van der Waals surface area contributed by atoms with Crippen molar-refractivity contribution in [2.45, 2.75) is 43.8 Å². The highest BCUT2D eigenvalue weighted by Crippen LogP contribution is 2.34. The molecule has 0 bridgehead atoms. The SMILES string of the molecule is COc1ccc(N(CC(=O)N(Cc2ccc(Cl)cc2Cl)[C@H](Cc2ccccc2)C(=O)NC(C)C)S(=O)(=O)c2ccccc2)cc1OC. The minimum atomic E-state index is -4.29. The lowest BCUT2D eigenvalue weighted by Crippen LogP contribution is -2.54. The van der Waals surface area contributed by atoms with Gasteiger partial charge in [-0.1, -0.05) is 77.8 Å². The number of methoxy groups -OCH3 is 2. The van der Waals surface area contributed by atoms with Gasteiger partial charge in [0, 0.05) is 35.1 Å². The van der Waals surface area contributed by atoms with Crippen molar-refractivity contribution >= 4 is 50.7 Å². The van der Waals surface area contributed by atoms with Crippen LogP contribution in [-0.2, 0) is 32.6 Å². The Labute approximate surface area is 286 Å². The minimum Gasteiger partial charge on any atom is -0.493 e. The molecule has 4 rings (SSSR count). The van der Waals surface area contributed by atoms with E-state index in [4.69, 9.17) is 32.7 Å². The molecule has 9 nitrogen and oxygen atoms in total. The molecule has 0 spiro atoms. The van der Waals surface area contributed by atoms with E-state index in [2.05, 4.69) is 5.32 Å². The molecule has 2 amide bonds. The third kappa shape index (κ3) is 8.97. The van der Waals surface area contributed by atoms with E-state index >= 15 is 0 Å². The Morgan fingerprint density at radius 1 is 0.830 bits per heavy atom. The van der Waals surface area contributed by atoms with E-state index in [1.807, 2.05) is 44.2 Å². The van der Waals surface area contributed by atoms with Gasteiger partial charge >= 0.3 is 0 Å². The standard InChI is InChI=1S/C35H37Cl2N3O6S/c1-24(2)38-35(42)31(19-25-11-7-5-8-12-25)39(22-26-15-16-27(36)20-30(26)37)34(41)23-40(47(43,44)29-13-9-6-10-14-29)28-17-18-32(45-3)33(21-28)46-4/h5-18,20-21,24,31H,19,22-23H2,1-4H3,(H,38,42)/t31-/m1/s1. The van der Waals surface area contributed by atoms with E-state index in [1.165, 1.54) is 43.4 Å². The van der Waals surface area contributed by atoms with Crippen LogP contribution in [0.4, 0.5) is 5.69 Å². The van der Waals surface area contributed by atoms with Gasteiger partial charge < -0.3 is 19.7 Å². The number of nitrogens with zero attached hydrogens (tertiary/aromatic N) is 2. The number of hydrogen-bond acceptors (Lipinski definition) is 6. The number of hydrogen-bond donors (Lipinski definition) is 1. The molecule has 1 atom stereocenters. The van der Waals surface area contributed by atoms with Crippen LogP contribution in [0.2, 0.25) is 10.0 Å². The maximum absolute atomic E-state index is 14.6. The summed E-state index contributed by atoms with van der Waals surface area (Å²) < 4.78 is 40.2. The van der Waals surface area contributed by atoms with Crippen LogP contribution in [0.1, 0.15) is 25.0 Å². The summed E-state index contributed by atoms with van der Waals surface area (Å²) in [5, 5.41) is 3.63. The Balaban J connectivity index is 1.85. The number of rotatable bonds is 14. The van der Waals surface area contributed by atoms with Gasteiger partial charge in [-0.25, -0.2) is 8.42 Å². The fourth-order valence-corrected chi connectivity index (χ4v) is 6.89. The zero-order valence-corrected chi connectivity index (χ0v) is 28.9. The van der Waals surface area contributed by atoms with Crippen molar-refractivity contribution in [3.63, 3.8) is 0 Å². The summed E-state index contributed by atoms with van der Waals surface area (Å²) in [6.45, 7) is 2.91. The van der Waals surface area contributed by atoms with Crippen LogP contribution in [0.15, 0.2) is 102 Å². The van der Waals surface area contributed by atoms with Crippen LogP contribution in [-0.4, -0.2) is 58.0 Å². The molecule has 4 aromatic carbocycles. The summed E-state index contributed by atoms with van der Waals surface area (Å²) in [5.41, 5.74) is 1.50. The van der Waals surface area contributed by atoms with Crippen LogP contribution in [0, 0.1) is 0 Å². The highest BCUT2D eigenvalue weighted by molar-refractivity contribution is 7.92. The van der Waals surface area contributed by atoms with E-state index in [1.54, 1.807) is 42.5 Å². The van der Waals surface area contributed by atoms with E-state index in [0.717, 1.165) is 9.87 Å². The number of ether oxygens (including phenoxy) is 2. The van der Waals surface area contributed by atoms with Crippen molar-refractivity contribution in [1.29, 1.82) is 0 Å². The molecule has 4 aromatic rings. The molecule has 0 aliphatic heterocycles. The smallest absolute Gasteiger partial charge is 0.264 e. The second kappa shape index (κ2) is 16.0. The first kappa shape index (κ1) is 35.6. The monoisotopic (exact) mass is 697 g/mol. The lowest BCUT2D eigenvalue weighted by Gasteiger charge is -2.34. The number of nitrogens with one attached hydrogen (secondary N) is 1. The molecule has 0 fully saturated rings. The lowest BCUT2D eigenvalue weighted by atomic mass is 10.0. The Morgan fingerprint density at radius 2 is 1.47 bits per heavy atom. The molecule has 0 aliphatic rings. The van der Waals surface area contributed by atoms with Gasteiger partial charge in [0.25, 0.3) is 10.0 Å². The predicted octanol–water partition coefficient (Wildman–Crippen LogP) is 6.37. The van der Waals surface area contributed by atoms with E-state index in [-0.39, 0.29) is 35.3 Å². The van der Waals surface area contributed by atoms with Crippen molar-refractivity contribution in [3.05, 3.63) is 118 Å². The molecular formula is C35H37Cl2N3O6S. The van der Waals surface area contributed by atoms with Crippen molar-refractivity contribution in [2.24, 2.45) is 0 Å².